The Morgan fingerprint density at radius 3 is 2.70 bits per heavy atom. The highest BCUT2D eigenvalue weighted by atomic mass is 19.4. The average molecular weight is 282 g/mol. The highest BCUT2D eigenvalue weighted by Gasteiger charge is 2.32. The van der Waals surface area contributed by atoms with Crippen LogP contribution in [0.3, 0.4) is 0 Å². The van der Waals surface area contributed by atoms with Gasteiger partial charge in [0.2, 0.25) is 0 Å². The van der Waals surface area contributed by atoms with Crippen molar-refractivity contribution in [3.63, 3.8) is 0 Å². The number of benzene rings is 1. The molecule has 1 saturated heterocycles. The maximum atomic E-state index is 12.7. The number of H-pyrrole nitrogens is 1. The minimum absolute atomic E-state index is 0.447. The molecule has 0 radical (unpaired) electrons. The Morgan fingerprint density at radius 2 is 2.00 bits per heavy atom. The van der Waals surface area contributed by atoms with Gasteiger partial charge in [-0.3, -0.25) is 0 Å². The zero-order valence-electron chi connectivity index (χ0n) is 11.1. The molecule has 1 fully saturated rings. The zero-order chi connectivity index (χ0) is 14.2. The number of fused-ring (bicyclic) bond motifs is 1. The molecular weight excluding hydrogens is 265 g/mol. The maximum Gasteiger partial charge on any atom is 0.431 e. The molecule has 1 aromatic heterocycles. The maximum absolute atomic E-state index is 12.7. The van der Waals surface area contributed by atoms with Gasteiger partial charge in [0.25, 0.3) is 0 Å². The van der Waals surface area contributed by atoms with Gasteiger partial charge in [0, 0.05) is 16.9 Å². The Morgan fingerprint density at radius 1 is 1.15 bits per heavy atom. The van der Waals surface area contributed by atoms with E-state index >= 15 is 0 Å². The molecule has 0 aliphatic carbocycles. The molecule has 108 valence electrons. The van der Waals surface area contributed by atoms with E-state index in [-0.39, 0.29) is 0 Å². The number of alkyl halides is 3. The molecule has 1 aliphatic heterocycles. The van der Waals surface area contributed by atoms with E-state index in [1.807, 2.05) is 12.1 Å². The second-order valence-corrected chi connectivity index (χ2v) is 5.45. The van der Waals surface area contributed by atoms with Gasteiger partial charge in [0.1, 0.15) is 5.69 Å². The Labute approximate surface area is 115 Å². The second kappa shape index (κ2) is 5.13. The zero-order valence-corrected chi connectivity index (χ0v) is 11.1. The Bertz CT molecular complexity index is 595. The lowest BCUT2D eigenvalue weighted by molar-refractivity contribution is -0.140. The molecule has 1 atom stereocenters. The lowest BCUT2D eigenvalue weighted by Gasteiger charge is -2.23. The summed E-state index contributed by atoms with van der Waals surface area (Å²) >= 11 is 0. The van der Waals surface area contributed by atoms with Crippen LogP contribution in [0.4, 0.5) is 13.2 Å². The number of halogens is 3. The van der Waals surface area contributed by atoms with Gasteiger partial charge in [0.05, 0.1) is 0 Å². The molecule has 0 saturated carbocycles. The molecule has 3 rings (SSSR count). The van der Waals surface area contributed by atoms with Crippen LogP contribution in [0.15, 0.2) is 24.3 Å². The summed E-state index contributed by atoms with van der Waals surface area (Å²) in [6.45, 7) is 1.04. The van der Waals surface area contributed by atoms with Gasteiger partial charge in [-0.15, -0.1) is 0 Å². The smallest absolute Gasteiger partial charge is 0.351 e. The van der Waals surface area contributed by atoms with Crippen LogP contribution in [-0.4, -0.2) is 17.6 Å². The van der Waals surface area contributed by atoms with Crippen molar-refractivity contribution in [2.24, 2.45) is 0 Å². The summed E-state index contributed by atoms with van der Waals surface area (Å²) < 4.78 is 38.0. The van der Waals surface area contributed by atoms with E-state index in [1.165, 1.54) is 18.9 Å². The lowest BCUT2D eigenvalue weighted by atomic mass is 9.97. The summed E-state index contributed by atoms with van der Waals surface area (Å²) in [5.74, 6) is 0. The van der Waals surface area contributed by atoms with Gasteiger partial charge in [-0.05, 0) is 49.6 Å². The van der Waals surface area contributed by atoms with E-state index in [9.17, 15) is 13.2 Å². The van der Waals surface area contributed by atoms with Crippen LogP contribution in [0.5, 0.6) is 0 Å². The molecule has 0 spiro atoms. The molecule has 5 heteroatoms. The Hall–Kier alpha value is -1.49. The molecule has 0 amide bonds. The number of hydrogen-bond acceptors (Lipinski definition) is 1. The molecule has 0 bridgehead atoms. The van der Waals surface area contributed by atoms with Crippen molar-refractivity contribution in [2.45, 2.75) is 37.9 Å². The van der Waals surface area contributed by atoms with Crippen molar-refractivity contribution >= 4 is 10.9 Å². The average Bonchev–Trinajstić information content (AvgIpc) is 2.83. The third-order valence-electron chi connectivity index (χ3n) is 3.89. The molecular formula is C15H17F3N2. The number of nitrogens with one attached hydrogen (secondary N) is 2. The van der Waals surface area contributed by atoms with Gasteiger partial charge in [0.15, 0.2) is 0 Å². The van der Waals surface area contributed by atoms with Crippen LogP contribution >= 0.6 is 0 Å². The second-order valence-electron chi connectivity index (χ2n) is 5.45. The van der Waals surface area contributed by atoms with Gasteiger partial charge in [-0.2, -0.15) is 13.2 Å². The summed E-state index contributed by atoms with van der Waals surface area (Å²) in [6.07, 6.45) is 0.135. The predicted octanol–water partition coefficient (Wildman–Crippen LogP) is 3.87. The van der Waals surface area contributed by atoms with E-state index < -0.39 is 11.9 Å². The summed E-state index contributed by atoms with van der Waals surface area (Å²) in [5, 5.41) is 4.09. The third kappa shape index (κ3) is 2.82. The fourth-order valence-electron chi connectivity index (χ4n) is 2.84. The Balaban J connectivity index is 1.82. The van der Waals surface area contributed by atoms with Crippen LogP contribution in [0, 0.1) is 0 Å². The van der Waals surface area contributed by atoms with E-state index in [0.29, 0.717) is 16.9 Å². The summed E-state index contributed by atoms with van der Waals surface area (Å²) in [5.41, 5.74) is 0.947. The molecule has 20 heavy (non-hydrogen) atoms. The molecule has 2 nitrogen and oxygen atoms in total. The molecule has 2 aromatic rings. The molecule has 1 aromatic carbocycles. The fourth-order valence-corrected chi connectivity index (χ4v) is 2.84. The molecule has 1 unspecified atom stereocenters. The number of aromatic nitrogens is 1. The van der Waals surface area contributed by atoms with Crippen LogP contribution in [0.1, 0.15) is 30.5 Å². The molecule has 2 N–H and O–H groups in total. The number of piperidine rings is 1. The van der Waals surface area contributed by atoms with E-state index in [2.05, 4.69) is 10.3 Å². The van der Waals surface area contributed by atoms with Crippen molar-refractivity contribution in [2.75, 3.05) is 6.54 Å². The third-order valence-corrected chi connectivity index (χ3v) is 3.89. The monoisotopic (exact) mass is 282 g/mol. The lowest BCUT2D eigenvalue weighted by Crippen LogP contribution is -2.35. The normalized spacial score (nSPS) is 20.4. The van der Waals surface area contributed by atoms with Crippen LogP contribution in [0.25, 0.3) is 10.9 Å². The van der Waals surface area contributed by atoms with Crippen molar-refractivity contribution in [3.05, 3.63) is 35.5 Å². The minimum Gasteiger partial charge on any atom is -0.351 e. The van der Waals surface area contributed by atoms with Crippen molar-refractivity contribution < 1.29 is 13.2 Å². The first-order valence-corrected chi connectivity index (χ1v) is 6.94. The summed E-state index contributed by atoms with van der Waals surface area (Å²) in [7, 11) is 0. The van der Waals surface area contributed by atoms with Gasteiger partial charge in [-0.25, -0.2) is 0 Å². The van der Waals surface area contributed by atoms with Crippen LogP contribution < -0.4 is 5.32 Å². The summed E-state index contributed by atoms with van der Waals surface area (Å²) in [4.78, 5) is 2.43. The highest BCUT2D eigenvalue weighted by Crippen LogP contribution is 2.31. The van der Waals surface area contributed by atoms with Gasteiger partial charge < -0.3 is 10.3 Å². The van der Waals surface area contributed by atoms with Crippen molar-refractivity contribution in [3.8, 4) is 0 Å². The predicted molar refractivity (Wildman–Crippen MR) is 72.6 cm³/mol. The SMILES string of the molecule is FC(F)(F)c1cc2cc(CC3CCCCN3)ccc2[nH]1. The minimum atomic E-state index is -4.32. The van der Waals surface area contributed by atoms with Crippen molar-refractivity contribution in [1.29, 1.82) is 0 Å². The van der Waals surface area contributed by atoms with E-state index in [1.54, 1.807) is 6.07 Å². The standard InChI is InChI=1S/C15H17F3N2/c16-15(17,18)14-9-11-7-10(4-5-13(11)20-14)8-12-3-1-2-6-19-12/h4-5,7,9,12,19-20H,1-3,6,8H2. The highest BCUT2D eigenvalue weighted by molar-refractivity contribution is 5.81. The quantitative estimate of drug-likeness (QED) is 0.859. The first-order chi connectivity index (χ1) is 9.52. The van der Waals surface area contributed by atoms with Gasteiger partial charge >= 0.3 is 6.18 Å². The number of rotatable bonds is 2. The Kier molecular flexibility index (Phi) is 3.46. The fraction of sp³-hybridized carbons (Fsp3) is 0.467. The molecule has 1 aliphatic rings. The van der Waals surface area contributed by atoms with Crippen molar-refractivity contribution in [1.82, 2.24) is 10.3 Å². The topological polar surface area (TPSA) is 27.8 Å². The van der Waals surface area contributed by atoms with Crippen LogP contribution in [-0.2, 0) is 12.6 Å². The first-order valence-electron chi connectivity index (χ1n) is 6.94. The van der Waals surface area contributed by atoms with Crippen LogP contribution in [0.2, 0.25) is 0 Å². The first kappa shape index (κ1) is 13.5. The summed E-state index contributed by atoms with van der Waals surface area (Å²) in [6, 6.07) is 7.14. The number of hydrogen-bond donors (Lipinski definition) is 2. The largest absolute Gasteiger partial charge is 0.431 e. The number of aromatic amines is 1. The molecule has 2 heterocycles. The van der Waals surface area contributed by atoms with E-state index in [4.69, 9.17) is 0 Å². The van der Waals surface area contributed by atoms with E-state index in [0.717, 1.165) is 24.9 Å². The van der Waals surface area contributed by atoms with Gasteiger partial charge in [-0.1, -0.05) is 12.5 Å².